The van der Waals surface area contributed by atoms with Gasteiger partial charge in [-0.3, -0.25) is 0 Å². The Labute approximate surface area is 93.9 Å². The van der Waals surface area contributed by atoms with Crippen LogP contribution in [-0.2, 0) is 0 Å². The summed E-state index contributed by atoms with van der Waals surface area (Å²) in [6.45, 7) is 4.32. The first-order chi connectivity index (χ1) is 4.93. The van der Waals surface area contributed by atoms with Crippen LogP contribution in [0.25, 0.3) is 0 Å². The average Bonchev–Trinajstić information content (AvgIpc) is 1.83. The molecule has 0 fully saturated rings. The van der Waals surface area contributed by atoms with E-state index >= 15 is 0 Å². The molecule has 0 aromatic carbocycles. The molecule has 1 atom stereocenters. The van der Waals surface area contributed by atoms with Gasteiger partial charge in [0, 0.05) is 6.16 Å². The zero-order chi connectivity index (χ0) is 8.65. The normalized spacial score (nSPS) is 30.8. The highest BCUT2D eigenvalue weighted by atomic mass is 79.9. The van der Waals surface area contributed by atoms with Crippen LogP contribution in [0.1, 0.15) is 20.3 Å². The van der Waals surface area contributed by atoms with Crippen LogP contribution in [0.3, 0.4) is 0 Å². The summed E-state index contributed by atoms with van der Waals surface area (Å²) in [5.41, 5.74) is 3.06. The molecule has 0 saturated heterocycles. The van der Waals surface area contributed by atoms with Crippen molar-refractivity contribution in [2.45, 2.75) is 23.2 Å². The highest BCUT2D eigenvalue weighted by Gasteiger charge is 2.35. The molecule has 0 aromatic rings. The van der Waals surface area contributed by atoms with Crippen LogP contribution in [0.15, 0.2) is 11.1 Å². The van der Waals surface area contributed by atoms with Crippen molar-refractivity contribution in [1.29, 1.82) is 0 Å². The molecule has 0 aromatic heterocycles. The molecular weight excluding hydrogens is 355 g/mol. The van der Waals surface area contributed by atoms with Crippen LogP contribution < -0.4 is 0 Å². The Bertz CT molecular complexity index is 198. The molecule has 0 amide bonds. The molecule has 1 unspecified atom stereocenters. The first-order valence-electron chi connectivity index (χ1n) is 3.40. The molecule has 4 heteroatoms. The Hall–Kier alpha value is 1.61. The van der Waals surface area contributed by atoms with Gasteiger partial charge < -0.3 is 0 Å². The molecule has 0 spiro atoms. The molecule has 0 N–H and O–H groups in total. The van der Waals surface area contributed by atoms with Gasteiger partial charge in [0.25, 0.3) is 0 Å². The standard InChI is InChI=1S/C7H10Br3P/c1-5-3-7(8,9)11(10)4-6(5)2/h3-4H2,1-2H3. The molecule has 0 aliphatic carbocycles. The largest absolute Gasteiger partial charge is 0.113 e. The van der Waals surface area contributed by atoms with Crippen molar-refractivity contribution in [2.24, 2.45) is 0 Å². The third kappa shape index (κ3) is 2.52. The molecular formula is C7H10Br3P. The fourth-order valence-electron chi connectivity index (χ4n) is 1.01. The van der Waals surface area contributed by atoms with Crippen molar-refractivity contribution in [3.63, 3.8) is 0 Å². The molecule has 1 rings (SSSR count). The molecule has 1 aliphatic rings. The van der Waals surface area contributed by atoms with Crippen LogP contribution in [-0.4, -0.2) is 9.14 Å². The minimum absolute atomic E-state index is 0.113. The average molecular weight is 365 g/mol. The van der Waals surface area contributed by atoms with Gasteiger partial charge in [0.15, 0.2) is 0 Å². The van der Waals surface area contributed by atoms with Gasteiger partial charge in [-0.2, -0.15) is 0 Å². The minimum Gasteiger partial charge on any atom is -0.0714 e. The Morgan fingerprint density at radius 1 is 1.27 bits per heavy atom. The van der Waals surface area contributed by atoms with Gasteiger partial charge in [-0.15, -0.1) is 0 Å². The van der Waals surface area contributed by atoms with Crippen molar-refractivity contribution in [2.75, 3.05) is 6.16 Å². The van der Waals surface area contributed by atoms with E-state index in [-0.39, 0.29) is 9.60 Å². The molecule has 0 saturated carbocycles. The number of rotatable bonds is 0. The lowest BCUT2D eigenvalue weighted by atomic mass is 10.1. The van der Waals surface area contributed by atoms with E-state index in [1.165, 1.54) is 11.7 Å². The van der Waals surface area contributed by atoms with Gasteiger partial charge in [0.05, 0.1) is 0 Å². The molecule has 11 heavy (non-hydrogen) atoms. The van der Waals surface area contributed by atoms with E-state index in [2.05, 4.69) is 61.2 Å². The van der Waals surface area contributed by atoms with Crippen molar-refractivity contribution in [3.8, 4) is 0 Å². The highest BCUT2D eigenvalue weighted by molar-refractivity contribution is 9.44. The maximum atomic E-state index is 3.71. The van der Waals surface area contributed by atoms with Gasteiger partial charge >= 0.3 is 0 Å². The number of hydrogen-bond acceptors (Lipinski definition) is 0. The van der Waals surface area contributed by atoms with E-state index in [9.17, 15) is 0 Å². The van der Waals surface area contributed by atoms with Gasteiger partial charge in [-0.05, 0) is 26.9 Å². The number of hydrogen-bond donors (Lipinski definition) is 0. The molecule has 1 aliphatic heterocycles. The van der Waals surface area contributed by atoms with E-state index in [0.717, 1.165) is 6.42 Å². The van der Waals surface area contributed by atoms with Crippen molar-refractivity contribution < 1.29 is 0 Å². The van der Waals surface area contributed by atoms with E-state index in [0.29, 0.717) is 0 Å². The summed E-state index contributed by atoms with van der Waals surface area (Å²) in [7, 11) is 0. The summed E-state index contributed by atoms with van der Waals surface area (Å²) < 4.78 is 0.138. The van der Waals surface area contributed by atoms with Gasteiger partial charge in [0.1, 0.15) is 2.97 Å². The zero-order valence-electron chi connectivity index (χ0n) is 6.50. The Kier molecular flexibility index (Phi) is 3.67. The van der Waals surface area contributed by atoms with Crippen LogP contribution in [0.5, 0.6) is 0 Å². The quantitative estimate of drug-likeness (QED) is 0.324. The van der Waals surface area contributed by atoms with Crippen LogP contribution in [0, 0.1) is 0 Å². The van der Waals surface area contributed by atoms with Gasteiger partial charge in [0.2, 0.25) is 0 Å². The fraction of sp³-hybridized carbons (Fsp3) is 0.714. The topological polar surface area (TPSA) is 0 Å². The van der Waals surface area contributed by atoms with Crippen molar-refractivity contribution in [3.05, 3.63) is 11.1 Å². The lowest BCUT2D eigenvalue weighted by Crippen LogP contribution is -2.14. The molecule has 64 valence electrons. The number of alkyl halides is 2. The molecule has 0 bridgehead atoms. The fourth-order valence-corrected chi connectivity index (χ4v) is 5.44. The maximum Gasteiger partial charge on any atom is 0.113 e. The summed E-state index contributed by atoms with van der Waals surface area (Å²) in [5, 5.41) is 0. The monoisotopic (exact) mass is 362 g/mol. The second kappa shape index (κ2) is 3.77. The summed E-state index contributed by atoms with van der Waals surface area (Å²) in [6.07, 6.45) is 2.30. The third-order valence-corrected chi connectivity index (χ3v) is 12.1. The summed E-state index contributed by atoms with van der Waals surface area (Å²) in [4.78, 5) is 0. The lowest BCUT2D eigenvalue weighted by molar-refractivity contribution is 0.985. The van der Waals surface area contributed by atoms with Crippen molar-refractivity contribution in [1.82, 2.24) is 0 Å². The third-order valence-electron chi connectivity index (χ3n) is 1.94. The minimum atomic E-state index is -0.113. The van der Waals surface area contributed by atoms with Gasteiger partial charge in [-0.1, -0.05) is 58.5 Å². The van der Waals surface area contributed by atoms with E-state index < -0.39 is 0 Å². The highest BCUT2D eigenvalue weighted by Crippen LogP contribution is 2.68. The predicted octanol–water partition coefficient (Wildman–Crippen LogP) is 4.96. The molecule has 0 nitrogen and oxygen atoms in total. The zero-order valence-corrected chi connectivity index (χ0v) is 12.1. The predicted molar refractivity (Wildman–Crippen MR) is 64.3 cm³/mol. The summed E-state index contributed by atoms with van der Waals surface area (Å²) in [6, 6.07) is 0. The van der Waals surface area contributed by atoms with Crippen LogP contribution in [0.4, 0.5) is 0 Å². The lowest BCUT2D eigenvalue weighted by Gasteiger charge is -2.32. The molecule has 1 heterocycles. The Balaban J connectivity index is 2.84. The van der Waals surface area contributed by atoms with Crippen molar-refractivity contribution >= 4 is 54.0 Å². The molecule has 0 radical (unpaired) electrons. The SMILES string of the molecule is CC1=C(C)CC(Br)(Br)P(Br)C1. The van der Waals surface area contributed by atoms with Crippen LogP contribution in [0.2, 0.25) is 0 Å². The van der Waals surface area contributed by atoms with E-state index in [1.807, 2.05) is 0 Å². The second-order valence-corrected chi connectivity index (χ2v) is 12.3. The second-order valence-electron chi connectivity index (χ2n) is 2.92. The van der Waals surface area contributed by atoms with Crippen LogP contribution >= 0.6 is 54.0 Å². The number of allylic oxidation sites excluding steroid dienone is 2. The Morgan fingerprint density at radius 3 is 2.27 bits per heavy atom. The number of halogens is 3. The van der Waals surface area contributed by atoms with E-state index in [4.69, 9.17) is 0 Å². The smallest absolute Gasteiger partial charge is 0.0714 e. The summed E-state index contributed by atoms with van der Waals surface area (Å²) in [5.74, 6) is 0. The summed E-state index contributed by atoms with van der Waals surface area (Å²) >= 11 is 11.1. The Morgan fingerprint density at radius 2 is 1.82 bits per heavy atom. The first kappa shape index (κ1) is 10.7. The van der Waals surface area contributed by atoms with Gasteiger partial charge in [-0.25, -0.2) is 0 Å². The first-order valence-corrected chi connectivity index (χ1v) is 8.53. The van der Waals surface area contributed by atoms with E-state index in [1.54, 1.807) is 5.57 Å². The maximum absolute atomic E-state index is 3.71.